The Morgan fingerprint density at radius 3 is 2.54 bits per heavy atom. The number of carbonyl (C=O) groups excluding carboxylic acids is 2. The molecule has 0 saturated carbocycles. The number of ether oxygens (including phenoxy) is 1. The number of hydrogen-bond acceptors (Lipinski definition) is 5. The standard InChI is InChI=1S/C22H27N3O3/c1-16-13-19(25-11-4-5-12-25)9-10-20(16)23-21(26)15-28-22(27)17-7-6-8-18(14-17)24(2)3/h6-10,13-14H,4-5,11-12,15H2,1-3H3,(H,23,26). The van der Waals surface area contributed by atoms with E-state index >= 15 is 0 Å². The van der Waals surface area contributed by atoms with Gasteiger partial charge in [0.1, 0.15) is 0 Å². The number of nitrogens with one attached hydrogen (secondary N) is 1. The second-order valence-electron chi connectivity index (χ2n) is 7.26. The molecule has 3 rings (SSSR count). The van der Waals surface area contributed by atoms with Gasteiger partial charge in [0.2, 0.25) is 0 Å². The highest BCUT2D eigenvalue weighted by Crippen LogP contribution is 2.25. The van der Waals surface area contributed by atoms with Gasteiger partial charge in [-0.2, -0.15) is 0 Å². The third kappa shape index (κ3) is 4.82. The number of nitrogens with zero attached hydrogens (tertiary/aromatic N) is 2. The summed E-state index contributed by atoms with van der Waals surface area (Å²) < 4.78 is 5.16. The smallest absolute Gasteiger partial charge is 0.338 e. The van der Waals surface area contributed by atoms with E-state index in [0.29, 0.717) is 5.56 Å². The first-order chi connectivity index (χ1) is 13.4. The molecule has 0 aliphatic carbocycles. The quantitative estimate of drug-likeness (QED) is 0.777. The molecule has 148 valence electrons. The molecule has 1 saturated heterocycles. The highest BCUT2D eigenvalue weighted by atomic mass is 16.5. The lowest BCUT2D eigenvalue weighted by molar-refractivity contribution is -0.119. The van der Waals surface area contributed by atoms with Gasteiger partial charge in [-0.1, -0.05) is 6.07 Å². The Labute approximate surface area is 166 Å². The molecule has 0 aromatic heterocycles. The number of hydrogen-bond donors (Lipinski definition) is 1. The predicted octanol–water partition coefficient (Wildman–Crippen LogP) is 3.46. The molecule has 2 aromatic carbocycles. The third-order valence-corrected chi connectivity index (χ3v) is 4.89. The van der Waals surface area contributed by atoms with Crippen LogP contribution in [0.3, 0.4) is 0 Å². The van der Waals surface area contributed by atoms with Gasteiger partial charge in [0.05, 0.1) is 5.56 Å². The summed E-state index contributed by atoms with van der Waals surface area (Å²) in [6.07, 6.45) is 2.45. The molecule has 0 spiro atoms. The maximum absolute atomic E-state index is 12.2. The minimum absolute atomic E-state index is 0.321. The predicted molar refractivity (Wildman–Crippen MR) is 112 cm³/mol. The van der Waals surface area contributed by atoms with Crippen LogP contribution in [0, 0.1) is 6.92 Å². The molecule has 1 amide bonds. The van der Waals surface area contributed by atoms with Crippen molar-refractivity contribution in [2.24, 2.45) is 0 Å². The topological polar surface area (TPSA) is 61.9 Å². The highest BCUT2D eigenvalue weighted by Gasteiger charge is 2.15. The van der Waals surface area contributed by atoms with Crippen LogP contribution >= 0.6 is 0 Å². The Kier molecular flexibility index (Phi) is 6.19. The van der Waals surface area contributed by atoms with Crippen molar-refractivity contribution < 1.29 is 14.3 Å². The lowest BCUT2D eigenvalue weighted by Gasteiger charge is -2.19. The van der Waals surface area contributed by atoms with Crippen molar-refractivity contribution in [3.8, 4) is 0 Å². The minimum atomic E-state index is -0.514. The van der Waals surface area contributed by atoms with Gasteiger partial charge in [0.15, 0.2) is 6.61 Å². The van der Waals surface area contributed by atoms with Crippen molar-refractivity contribution in [3.05, 3.63) is 53.6 Å². The van der Waals surface area contributed by atoms with Crippen LogP contribution in [0.15, 0.2) is 42.5 Å². The summed E-state index contributed by atoms with van der Waals surface area (Å²) in [7, 11) is 3.80. The Morgan fingerprint density at radius 1 is 1.11 bits per heavy atom. The van der Waals surface area contributed by atoms with Gasteiger partial charge in [-0.15, -0.1) is 0 Å². The number of rotatable bonds is 6. The zero-order valence-electron chi connectivity index (χ0n) is 16.7. The molecule has 1 aliphatic rings. The summed E-state index contributed by atoms with van der Waals surface area (Å²) in [5.41, 5.74) is 4.22. The van der Waals surface area contributed by atoms with Gasteiger partial charge in [0.25, 0.3) is 5.91 Å². The Hall–Kier alpha value is -3.02. The van der Waals surface area contributed by atoms with Crippen molar-refractivity contribution in [3.63, 3.8) is 0 Å². The molecule has 28 heavy (non-hydrogen) atoms. The first-order valence-corrected chi connectivity index (χ1v) is 9.54. The van der Waals surface area contributed by atoms with Crippen LogP contribution in [0.5, 0.6) is 0 Å². The maximum Gasteiger partial charge on any atom is 0.338 e. The van der Waals surface area contributed by atoms with Crippen molar-refractivity contribution in [1.82, 2.24) is 0 Å². The van der Waals surface area contributed by atoms with Crippen molar-refractivity contribution in [2.75, 3.05) is 48.9 Å². The lowest BCUT2D eigenvalue weighted by atomic mass is 10.1. The summed E-state index contributed by atoms with van der Waals surface area (Å²) in [6, 6.07) is 13.1. The average Bonchev–Trinajstić information content (AvgIpc) is 3.22. The first-order valence-electron chi connectivity index (χ1n) is 9.54. The Balaban J connectivity index is 1.55. The van der Waals surface area contributed by atoms with E-state index in [1.165, 1.54) is 18.5 Å². The monoisotopic (exact) mass is 381 g/mol. The zero-order valence-corrected chi connectivity index (χ0v) is 16.7. The van der Waals surface area contributed by atoms with Gasteiger partial charge in [-0.3, -0.25) is 4.79 Å². The molecule has 6 nitrogen and oxygen atoms in total. The molecule has 6 heteroatoms. The number of amides is 1. The second kappa shape index (κ2) is 8.78. The van der Waals surface area contributed by atoms with Gasteiger partial charge in [-0.05, 0) is 61.7 Å². The van der Waals surface area contributed by atoms with Crippen molar-refractivity contribution in [2.45, 2.75) is 19.8 Å². The van der Waals surface area contributed by atoms with Crippen LogP contribution in [-0.4, -0.2) is 45.7 Å². The molecular formula is C22H27N3O3. The largest absolute Gasteiger partial charge is 0.452 e. The van der Waals surface area contributed by atoms with Crippen LogP contribution in [0.25, 0.3) is 0 Å². The van der Waals surface area contributed by atoms with E-state index in [1.54, 1.807) is 18.2 Å². The number of carbonyl (C=O) groups is 2. The normalized spacial score (nSPS) is 13.3. The molecule has 0 radical (unpaired) electrons. The van der Waals surface area contributed by atoms with Crippen LogP contribution in [0.1, 0.15) is 28.8 Å². The summed E-state index contributed by atoms with van der Waals surface area (Å²) in [6.45, 7) is 3.80. The summed E-state index contributed by atoms with van der Waals surface area (Å²) in [4.78, 5) is 28.7. The Bertz CT molecular complexity index is 858. The van der Waals surface area contributed by atoms with Crippen LogP contribution in [0.4, 0.5) is 17.1 Å². The van der Waals surface area contributed by atoms with E-state index < -0.39 is 5.97 Å². The van der Waals surface area contributed by atoms with E-state index in [0.717, 1.165) is 30.0 Å². The van der Waals surface area contributed by atoms with E-state index in [2.05, 4.69) is 16.3 Å². The van der Waals surface area contributed by atoms with E-state index in [4.69, 9.17) is 4.74 Å². The molecule has 0 unspecified atom stereocenters. The molecule has 1 N–H and O–H groups in total. The minimum Gasteiger partial charge on any atom is -0.452 e. The number of anilines is 3. The van der Waals surface area contributed by atoms with Gasteiger partial charge < -0.3 is 19.9 Å². The van der Waals surface area contributed by atoms with Gasteiger partial charge in [-0.25, -0.2) is 4.79 Å². The lowest BCUT2D eigenvalue weighted by Crippen LogP contribution is -2.22. The molecule has 1 aliphatic heterocycles. The molecular weight excluding hydrogens is 354 g/mol. The van der Waals surface area contributed by atoms with E-state index in [1.807, 2.05) is 44.1 Å². The SMILES string of the molecule is Cc1cc(N2CCCC2)ccc1NC(=O)COC(=O)c1cccc(N(C)C)c1. The van der Waals surface area contributed by atoms with Crippen molar-refractivity contribution >= 4 is 28.9 Å². The summed E-state index contributed by atoms with van der Waals surface area (Å²) in [5, 5.41) is 2.82. The van der Waals surface area contributed by atoms with Crippen LogP contribution < -0.4 is 15.1 Å². The summed E-state index contributed by atoms with van der Waals surface area (Å²) >= 11 is 0. The summed E-state index contributed by atoms with van der Waals surface area (Å²) in [5.74, 6) is -0.867. The fraction of sp³-hybridized carbons (Fsp3) is 0.364. The number of benzene rings is 2. The zero-order chi connectivity index (χ0) is 20.1. The van der Waals surface area contributed by atoms with Crippen molar-refractivity contribution in [1.29, 1.82) is 0 Å². The first kappa shape index (κ1) is 19.7. The second-order valence-corrected chi connectivity index (χ2v) is 7.26. The Morgan fingerprint density at radius 2 is 1.86 bits per heavy atom. The average molecular weight is 381 g/mol. The number of aryl methyl sites for hydroxylation is 1. The molecule has 1 heterocycles. The van der Waals surface area contributed by atoms with E-state index in [9.17, 15) is 9.59 Å². The third-order valence-electron chi connectivity index (χ3n) is 4.89. The van der Waals surface area contributed by atoms with Gasteiger partial charge in [0, 0.05) is 44.2 Å². The van der Waals surface area contributed by atoms with Crippen LogP contribution in [0.2, 0.25) is 0 Å². The molecule has 2 aromatic rings. The molecule has 0 atom stereocenters. The maximum atomic E-state index is 12.2. The van der Waals surface area contributed by atoms with Gasteiger partial charge >= 0.3 is 5.97 Å². The fourth-order valence-electron chi connectivity index (χ4n) is 3.27. The fourth-order valence-corrected chi connectivity index (χ4v) is 3.27. The van der Waals surface area contributed by atoms with Crippen LogP contribution in [-0.2, 0) is 9.53 Å². The highest BCUT2D eigenvalue weighted by molar-refractivity contribution is 5.96. The molecule has 0 bridgehead atoms. The number of esters is 1. The molecule has 1 fully saturated rings. The van der Waals surface area contributed by atoms with E-state index in [-0.39, 0.29) is 12.5 Å².